The Hall–Kier alpha value is -4.39. The number of hydrogen-bond donors (Lipinski definition) is 0. The van der Waals surface area contributed by atoms with Gasteiger partial charge in [-0.25, -0.2) is 9.18 Å². The van der Waals surface area contributed by atoms with Crippen LogP contribution in [-0.2, 0) is 24.4 Å². The van der Waals surface area contributed by atoms with E-state index in [1.165, 1.54) is 0 Å². The molecule has 224 valence electrons. The number of amides is 1. The second-order valence-electron chi connectivity index (χ2n) is 12.0. The predicted octanol–water partition coefficient (Wildman–Crippen LogP) is 8.19. The van der Waals surface area contributed by atoms with Crippen LogP contribution >= 0.6 is 0 Å². The van der Waals surface area contributed by atoms with E-state index in [1.54, 1.807) is 4.90 Å². The fourth-order valence-corrected chi connectivity index (χ4v) is 5.05. The number of carbonyl (C=O) groups excluding carboxylic acids is 1. The Morgan fingerprint density at radius 3 is 1.95 bits per heavy atom. The van der Waals surface area contributed by atoms with Crippen LogP contribution in [0.4, 0.5) is 9.18 Å². The summed E-state index contributed by atoms with van der Waals surface area (Å²) in [6.45, 7) is 6.96. The van der Waals surface area contributed by atoms with Gasteiger partial charge in [-0.3, -0.25) is 0 Å². The highest BCUT2D eigenvalue weighted by Crippen LogP contribution is 2.34. The summed E-state index contributed by atoms with van der Waals surface area (Å²) >= 11 is 0. The Kier molecular flexibility index (Phi) is 9.29. The number of carbonyl (C=O) groups is 1. The lowest BCUT2D eigenvalue weighted by Gasteiger charge is -2.37. The molecule has 0 bridgehead atoms. The molecule has 7 heteroatoms. The fraction of sp³-hybridized carbons (Fsp3) is 0.333. The zero-order valence-corrected chi connectivity index (χ0v) is 25.1. The number of ether oxygens (including phenoxy) is 3. The maximum Gasteiger partial charge on any atom is 0.410 e. The summed E-state index contributed by atoms with van der Waals surface area (Å²) < 4.78 is 33.4. The normalized spacial score (nSPS) is 14.7. The van der Waals surface area contributed by atoms with E-state index in [2.05, 4.69) is 0 Å². The van der Waals surface area contributed by atoms with E-state index in [1.807, 2.05) is 118 Å². The zero-order valence-electron chi connectivity index (χ0n) is 25.1. The number of alkyl halides is 1. The van der Waals surface area contributed by atoms with Crippen molar-refractivity contribution in [3.8, 4) is 22.9 Å². The van der Waals surface area contributed by atoms with Gasteiger partial charge in [0, 0.05) is 31.1 Å². The second-order valence-corrected chi connectivity index (χ2v) is 12.0. The molecule has 1 aromatic heterocycles. The van der Waals surface area contributed by atoms with Gasteiger partial charge in [0.05, 0.1) is 0 Å². The maximum absolute atomic E-state index is 15.8. The lowest BCUT2D eigenvalue weighted by molar-refractivity contribution is 0.00339. The van der Waals surface area contributed by atoms with Crippen LogP contribution < -0.4 is 9.47 Å². The van der Waals surface area contributed by atoms with Gasteiger partial charge in [-0.05, 0) is 61.9 Å². The Labute approximate surface area is 253 Å². The average Bonchev–Trinajstić information content (AvgIpc) is 3.00. The SMILES string of the molecule is CC(C)(C)OC(=O)N1CCC(F)(Cc2ccc(-c3ccc(OCc4ccccc4)nc3OCc3ccccc3)cc2)CC1. The third-order valence-corrected chi connectivity index (χ3v) is 7.38. The fourth-order valence-electron chi connectivity index (χ4n) is 5.05. The third-order valence-electron chi connectivity index (χ3n) is 7.38. The van der Waals surface area contributed by atoms with Crippen LogP contribution in [0, 0.1) is 0 Å². The quantitative estimate of drug-likeness (QED) is 0.199. The standard InChI is InChI=1S/C36H39FN2O4/c1-35(2,3)43-34(40)39-22-20-36(37,21-23-39)24-27-14-16-30(17-15-27)31-18-19-32(41-25-28-10-6-4-7-11-28)38-33(31)42-26-29-12-8-5-9-13-29/h4-19H,20-26H2,1-3H3. The zero-order chi connectivity index (χ0) is 30.3. The molecule has 1 amide bonds. The van der Waals surface area contributed by atoms with E-state index in [0.717, 1.165) is 27.8 Å². The monoisotopic (exact) mass is 582 g/mol. The second kappa shape index (κ2) is 13.3. The van der Waals surface area contributed by atoms with Gasteiger partial charge < -0.3 is 19.1 Å². The maximum atomic E-state index is 15.8. The van der Waals surface area contributed by atoms with Gasteiger partial charge >= 0.3 is 6.09 Å². The van der Waals surface area contributed by atoms with Gasteiger partial charge in [0.2, 0.25) is 11.8 Å². The van der Waals surface area contributed by atoms with Crippen LogP contribution in [0.1, 0.15) is 50.3 Å². The first-order chi connectivity index (χ1) is 20.7. The van der Waals surface area contributed by atoms with Crippen molar-refractivity contribution < 1.29 is 23.4 Å². The molecule has 6 nitrogen and oxygen atoms in total. The molecule has 0 atom stereocenters. The van der Waals surface area contributed by atoms with Gasteiger partial charge in [-0.15, -0.1) is 0 Å². The van der Waals surface area contributed by atoms with Gasteiger partial charge in [0.15, 0.2) is 0 Å². The minimum absolute atomic E-state index is 0.278. The summed E-state index contributed by atoms with van der Waals surface area (Å²) in [6.07, 6.45) is 0.464. The summed E-state index contributed by atoms with van der Waals surface area (Å²) in [6, 6.07) is 31.5. The largest absolute Gasteiger partial charge is 0.473 e. The number of aromatic nitrogens is 1. The summed E-state index contributed by atoms with van der Waals surface area (Å²) in [5.41, 5.74) is 2.80. The van der Waals surface area contributed by atoms with Gasteiger partial charge in [0.25, 0.3) is 0 Å². The smallest absolute Gasteiger partial charge is 0.410 e. The number of rotatable bonds is 9. The van der Waals surface area contributed by atoms with E-state index >= 15 is 4.39 Å². The molecule has 1 aliphatic heterocycles. The van der Waals surface area contributed by atoms with E-state index < -0.39 is 11.3 Å². The van der Waals surface area contributed by atoms with Crippen LogP contribution in [0.25, 0.3) is 11.1 Å². The molecule has 4 aromatic rings. The number of nitrogens with zero attached hydrogens (tertiary/aromatic N) is 2. The molecule has 3 aromatic carbocycles. The Bertz CT molecular complexity index is 1480. The predicted molar refractivity (Wildman–Crippen MR) is 166 cm³/mol. The first kappa shape index (κ1) is 30.1. The number of benzene rings is 3. The topological polar surface area (TPSA) is 60.9 Å². The van der Waals surface area contributed by atoms with E-state index in [0.29, 0.717) is 38.1 Å². The molecule has 0 aliphatic carbocycles. The number of piperidine rings is 1. The summed E-state index contributed by atoms with van der Waals surface area (Å²) in [7, 11) is 0. The highest BCUT2D eigenvalue weighted by Gasteiger charge is 2.37. The molecule has 43 heavy (non-hydrogen) atoms. The van der Waals surface area contributed by atoms with Crippen LogP contribution in [-0.4, -0.2) is 40.3 Å². The van der Waals surface area contributed by atoms with Crippen molar-refractivity contribution in [3.63, 3.8) is 0 Å². The molecule has 0 N–H and O–H groups in total. The van der Waals surface area contributed by atoms with E-state index in [4.69, 9.17) is 19.2 Å². The molecular formula is C36H39FN2O4. The average molecular weight is 583 g/mol. The minimum atomic E-state index is -1.37. The van der Waals surface area contributed by atoms with Crippen LogP contribution in [0.5, 0.6) is 11.8 Å². The molecule has 1 fully saturated rings. The molecule has 1 saturated heterocycles. The highest BCUT2D eigenvalue weighted by atomic mass is 19.1. The Morgan fingerprint density at radius 1 is 0.791 bits per heavy atom. The van der Waals surface area contributed by atoms with Crippen molar-refractivity contribution in [3.05, 3.63) is 114 Å². The number of pyridine rings is 1. The molecule has 0 saturated carbocycles. The van der Waals surface area contributed by atoms with Crippen molar-refractivity contribution in [2.75, 3.05) is 13.1 Å². The van der Waals surface area contributed by atoms with Crippen LogP contribution in [0.3, 0.4) is 0 Å². The molecule has 0 radical (unpaired) electrons. The molecule has 5 rings (SSSR count). The first-order valence-corrected chi connectivity index (χ1v) is 14.8. The molecule has 2 heterocycles. The third kappa shape index (κ3) is 8.57. The van der Waals surface area contributed by atoms with Crippen molar-refractivity contribution in [2.24, 2.45) is 0 Å². The van der Waals surface area contributed by atoms with Crippen molar-refractivity contribution >= 4 is 6.09 Å². The number of hydrogen-bond acceptors (Lipinski definition) is 5. The van der Waals surface area contributed by atoms with Gasteiger partial charge in [-0.2, -0.15) is 4.98 Å². The summed E-state index contributed by atoms with van der Waals surface area (Å²) in [4.78, 5) is 18.7. The Balaban J connectivity index is 1.27. The lowest BCUT2D eigenvalue weighted by Crippen LogP contribution is -2.47. The molecule has 0 unspecified atom stereocenters. The van der Waals surface area contributed by atoms with Crippen molar-refractivity contribution in [1.29, 1.82) is 0 Å². The molecule has 1 aliphatic rings. The lowest BCUT2D eigenvalue weighted by atomic mass is 9.86. The minimum Gasteiger partial charge on any atom is -0.473 e. The van der Waals surface area contributed by atoms with E-state index in [-0.39, 0.29) is 25.4 Å². The highest BCUT2D eigenvalue weighted by molar-refractivity contribution is 5.69. The Morgan fingerprint density at radius 2 is 1.37 bits per heavy atom. The van der Waals surface area contributed by atoms with Gasteiger partial charge in [0.1, 0.15) is 24.5 Å². The first-order valence-electron chi connectivity index (χ1n) is 14.8. The summed E-state index contributed by atoms with van der Waals surface area (Å²) in [5.74, 6) is 0.947. The van der Waals surface area contributed by atoms with Gasteiger partial charge in [-0.1, -0.05) is 84.9 Å². The molecular weight excluding hydrogens is 543 g/mol. The van der Waals surface area contributed by atoms with Crippen molar-refractivity contribution in [2.45, 2.75) is 64.5 Å². The number of halogens is 1. The van der Waals surface area contributed by atoms with Crippen LogP contribution in [0.15, 0.2) is 97.1 Å². The van der Waals surface area contributed by atoms with Crippen LogP contribution in [0.2, 0.25) is 0 Å². The van der Waals surface area contributed by atoms with E-state index in [9.17, 15) is 4.79 Å². The number of likely N-dealkylation sites (tertiary alicyclic amines) is 1. The summed E-state index contributed by atoms with van der Waals surface area (Å²) in [5, 5.41) is 0. The molecule has 0 spiro atoms. The van der Waals surface area contributed by atoms with Crippen molar-refractivity contribution in [1.82, 2.24) is 9.88 Å².